The molecule has 1 aromatic heterocycles. The van der Waals surface area contributed by atoms with Gasteiger partial charge in [0.2, 0.25) is 0 Å². The van der Waals surface area contributed by atoms with Crippen LogP contribution in [0.25, 0.3) is 0 Å². The van der Waals surface area contributed by atoms with Gasteiger partial charge in [-0.25, -0.2) is 0 Å². The molecule has 0 fully saturated rings. The van der Waals surface area contributed by atoms with E-state index in [1.807, 2.05) is 38.5 Å². The first-order valence-corrected chi connectivity index (χ1v) is 6.61. The summed E-state index contributed by atoms with van der Waals surface area (Å²) in [5.41, 5.74) is 3.16. The van der Waals surface area contributed by atoms with Crippen molar-refractivity contribution in [1.82, 2.24) is 4.98 Å². The van der Waals surface area contributed by atoms with Crippen molar-refractivity contribution in [3.05, 3.63) is 53.3 Å². The zero-order chi connectivity index (χ0) is 13.8. The number of nitrogens with zero attached hydrogens (tertiary/aromatic N) is 2. The molecule has 1 N–H and O–H groups in total. The van der Waals surface area contributed by atoms with E-state index in [2.05, 4.69) is 34.3 Å². The van der Waals surface area contributed by atoms with Crippen molar-refractivity contribution in [2.45, 2.75) is 13.0 Å². The lowest BCUT2D eigenvalue weighted by Crippen LogP contribution is -2.22. The number of rotatable bonds is 4. The van der Waals surface area contributed by atoms with E-state index < -0.39 is 0 Å². The predicted molar refractivity (Wildman–Crippen MR) is 82.1 cm³/mol. The standard InChI is InChI=1S/C15H18ClN3/c1-11(14-6-4-5-7-15(14)16)19(3)13-8-12(17-2)9-18-10-13/h4-11,17H,1-3H3. The van der Waals surface area contributed by atoms with Gasteiger partial charge in [0.15, 0.2) is 0 Å². The maximum Gasteiger partial charge on any atom is 0.0575 e. The SMILES string of the molecule is CNc1cncc(N(C)C(C)c2ccccc2Cl)c1. The second-order valence-electron chi connectivity index (χ2n) is 4.49. The second kappa shape index (κ2) is 5.93. The van der Waals surface area contributed by atoms with Crippen LogP contribution >= 0.6 is 11.6 Å². The Bertz CT molecular complexity index is 557. The molecule has 3 nitrogen and oxygen atoms in total. The van der Waals surface area contributed by atoms with Gasteiger partial charge in [0, 0.05) is 19.1 Å². The van der Waals surface area contributed by atoms with E-state index in [4.69, 9.17) is 11.6 Å². The summed E-state index contributed by atoms with van der Waals surface area (Å²) in [5, 5.41) is 3.89. The third kappa shape index (κ3) is 2.99. The molecule has 2 aromatic rings. The summed E-state index contributed by atoms with van der Waals surface area (Å²) < 4.78 is 0. The van der Waals surface area contributed by atoms with Crippen molar-refractivity contribution >= 4 is 23.0 Å². The number of anilines is 2. The predicted octanol–water partition coefficient (Wildman–Crippen LogP) is 3.97. The van der Waals surface area contributed by atoms with Gasteiger partial charge in [-0.15, -0.1) is 0 Å². The lowest BCUT2D eigenvalue weighted by Gasteiger charge is -2.28. The Kier molecular flexibility index (Phi) is 4.27. The fourth-order valence-corrected chi connectivity index (χ4v) is 2.30. The fraction of sp³-hybridized carbons (Fsp3) is 0.267. The number of hydrogen-bond acceptors (Lipinski definition) is 3. The first kappa shape index (κ1) is 13.7. The van der Waals surface area contributed by atoms with Crippen LogP contribution in [0.4, 0.5) is 11.4 Å². The molecule has 0 radical (unpaired) electrons. The molecule has 1 unspecified atom stereocenters. The molecule has 0 spiro atoms. The molecule has 0 aliphatic heterocycles. The molecule has 1 atom stereocenters. The van der Waals surface area contributed by atoms with Crippen LogP contribution in [-0.2, 0) is 0 Å². The summed E-state index contributed by atoms with van der Waals surface area (Å²) in [5.74, 6) is 0. The molecule has 100 valence electrons. The molecule has 0 aliphatic carbocycles. The summed E-state index contributed by atoms with van der Waals surface area (Å²) in [6.45, 7) is 2.13. The van der Waals surface area contributed by atoms with Gasteiger partial charge < -0.3 is 10.2 Å². The van der Waals surface area contributed by atoms with Gasteiger partial charge in [-0.2, -0.15) is 0 Å². The quantitative estimate of drug-likeness (QED) is 0.915. The molecule has 1 heterocycles. The maximum atomic E-state index is 6.25. The van der Waals surface area contributed by atoms with E-state index in [-0.39, 0.29) is 6.04 Å². The van der Waals surface area contributed by atoms with Crippen LogP contribution in [0.2, 0.25) is 5.02 Å². The van der Waals surface area contributed by atoms with Crippen LogP contribution in [0.5, 0.6) is 0 Å². The molecule has 4 heteroatoms. The minimum Gasteiger partial charge on any atom is -0.387 e. The molecule has 0 bridgehead atoms. The fourth-order valence-electron chi connectivity index (χ4n) is 2.00. The highest BCUT2D eigenvalue weighted by atomic mass is 35.5. The maximum absolute atomic E-state index is 6.25. The zero-order valence-corrected chi connectivity index (χ0v) is 12.1. The van der Waals surface area contributed by atoms with E-state index in [0.29, 0.717) is 0 Å². The van der Waals surface area contributed by atoms with Crippen LogP contribution in [-0.4, -0.2) is 19.1 Å². The molecule has 0 saturated heterocycles. The highest BCUT2D eigenvalue weighted by molar-refractivity contribution is 6.31. The third-order valence-corrected chi connectivity index (χ3v) is 3.70. The Morgan fingerprint density at radius 3 is 2.68 bits per heavy atom. The Hall–Kier alpha value is -1.74. The van der Waals surface area contributed by atoms with E-state index in [9.17, 15) is 0 Å². The topological polar surface area (TPSA) is 28.2 Å². The van der Waals surface area contributed by atoms with Crippen LogP contribution in [0.1, 0.15) is 18.5 Å². The molecule has 1 aromatic carbocycles. The monoisotopic (exact) mass is 275 g/mol. The van der Waals surface area contributed by atoms with Crippen molar-refractivity contribution in [1.29, 1.82) is 0 Å². The van der Waals surface area contributed by atoms with Gasteiger partial charge in [-0.05, 0) is 24.6 Å². The Labute approximate surface area is 119 Å². The largest absolute Gasteiger partial charge is 0.387 e. The number of pyridine rings is 1. The number of hydrogen-bond donors (Lipinski definition) is 1. The average Bonchev–Trinajstić information content (AvgIpc) is 2.46. The van der Waals surface area contributed by atoms with Gasteiger partial charge in [0.05, 0.1) is 29.8 Å². The Balaban J connectivity index is 2.28. The lowest BCUT2D eigenvalue weighted by molar-refractivity contribution is 0.738. The first-order valence-electron chi connectivity index (χ1n) is 6.23. The highest BCUT2D eigenvalue weighted by Gasteiger charge is 2.15. The summed E-state index contributed by atoms with van der Waals surface area (Å²) >= 11 is 6.25. The molecule has 19 heavy (non-hydrogen) atoms. The van der Waals surface area contributed by atoms with Crippen molar-refractivity contribution in [3.63, 3.8) is 0 Å². The first-order chi connectivity index (χ1) is 9.13. The molecule has 0 saturated carbocycles. The number of halogens is 1. The van der Waals surface area contributed by atoms with Crippen LogP contribution in [0.15, 0.2) is 42.7 Å². The number of nitrogens with one attached hydrogen (secondary N) is 1. The minimum absolute atomic E-state index is 0.183. The summed E-state index contributed by atoms with van der Waals surface area (Å²) in [4.78, 5) is 6.40. The molecular formula is C15H18ClN3. The van der Waals surface area contributed by atoms with Crippen LogP contribution in [0, 0.1) is 0 Å². The summed E-state index contributed by atoms with van der Waals surface area (Å²) in [7, 11) is 3.93. The Morgan fingerprint density at radius 2 is 2.00 bits per heavy atom. The number of benzene rings is 1. The smallest absolute Gasteiger partial charge is 0.0575 e. The summed E-state index contributed by atoms with van der Waals surface area (Å²) in [6, 6.07) is 10.2. The lowest BCUT2D eigenvalue weighted by atomic mass is 10.1. The molecule has 0 amide bonds. The van der Waals surface area contributed by atoms with Crippen molar-refractivity contribution in [2.75, 3.05) is 24.3 Å². The van der Waals surface area contributed by atoms with E-state index in [1.165, 1.54) is 0 Å². The minimum atomic E-state index is 0.183. The van der Waals surface area contributed by atoms with Crippen LogP contribution in [0.3, 0.4) is 0 Å². The number of aromatic nitrogens is 1. The zero-order valence-electron chi connectivity index (χ0n) is 11.4. The molecule has 2 rings (SSSR count). The van der Waals surface area contributed by atoms with Gasteiger partial charge in [0.25, 0.3) is 0 Å². The van der Waals surface area contributed by atoms with Crippen LogP contribution < -0.4 is 10.2 Å². The molecular weight excluding hydrogens is 258 g/mol. The third-order valence-electron chi connectivity index (χ3n) is 3.36. The van der Waals surface area contributed by atoms with E-state index in [1.54, 1.807) is 6.20 Å². The highest BCUT2D eigenvalue weighted by Crippen LogP contribution is 2.30. The van der Waals surface area contributed by atoms with Gasteiger partial charge in [-0.1, -0.05) is 29.8 Å². The Morgan fingerprint density at radius 1 is 1.26 bits per heavy atom. The van der Waals surface area contributed by atoms with Crippen molar-refractivity contribution in [3.8, 4) is 0 Å². The molecule has 0 aliphatic rings. The normalized spacial score (nSPS) is 12.0. The van der Waals surface area contributed by atoms with E-state index in [0.717, 1.165) is 22.0 Å². The second-order valence-corrected chi connectivity index (χ2v) is 4.90. The van der Waals surface area contributed by atoms with Crippen molar-refractivity contribution in [2.24, 2.45) is 0 Å². The van der Waals surface area contributed by atoms with Gasteiger partial charge in [0.1, 0.15) is 0 Å². The summed E-state index contributed by atoms with van der Waals surface area (Å²) in [6.07, 6.45) is 3.66. The van der Waals surface area contributed by atoms with Crippen molar-refractivity contribution < 1.29 is 0 Å². The average molecular weight is 276 g/mol. The van der Waals surface area contributed by atoms with Gasteiger partial charge in [-0.3, -0.25) is 4.98 Å². The van der Waals surface area contributed by atoms with Gasteiger partial charge >= 0.3 is 0 Å². The van der Waals surface area contributed by atoms with E-state index >= 15 is 0 Å².